The van der Waals surface area contributed by atoms with Crippen molar-refractivity contribution in [3.63, 3.8) is 0 Å². The Morgan fingerprint density at radius 1 is 0.862 bits per heavy atom. The van der Waals surface area contributed by atoms with E-state index in [2.05, 4.69) is 5.32 Å². The van der Waals surface area contributed by atoms with E-state index in [1.54, 1.807) is 43.3 Å². The van der Waals surface area contributed by atoms with E-state index >= 15 is 0 Å². The zero-order valence-electron chi connectivity index (χ0n) is 16.0. The molecule has 0 fully saturated rings. The van der Waals surface area contributed by atoms with Gasteiger partial charge in [0, 0.05) is 11.4 Å². The van der Waals surface area contributed by atoms with Crippen LogP contribution in [0.4, 0.5) is 5.69 Å². The summed E-state index contributed by atoms with van der Waals surface area (Å²) in [6, 6.07) is 23.9. The monoisotopic (exact) mass is 407 g/mol. The summed E-state index contributed by atoms with van der Waals surface area (Å²) >= 11 is 0. The number of carbonyl (C=O) groups excluding carboxylic acids is 2. The molecule has 0 aliphatic rings. The van der Waals surface area contributed by atoms with Crippen molar-refractivity contribution in [3.8, 4) is 11.1 Å². The minimum Gasteiger partial charge on any atom is -0.452 e. The summed E-state index contributed by atoms with van der Waals surface area (Å²) < 4.78 is 17.2. The minimum atomic E-state index is -1.29. The lowest BCUT2D eigenvalue weighted by atomic mass is 10.1. The molecule has 0 unspecified atom stereocenters. The summed E-state index contributed by atoms with van der Waals surface area (Å²) in [5.74, 6) is -0.721. The second kappa shape index (κ2) is 9.80. The number of benzene rings is 3. The summed E-state index contributed by atoms with van der Waals surface area (Å²) in [6.07, 6.45) is 0. The van der Waals surface area contributed by atoms with Crippen molar-refractivity contribution in [3.05, 3.63) is 84.4 Å². The Morgan fingerprint density at radius 2 is 1.48 bits per heavy atom. The Balaban J connectivity index is 1.58. The van der Waals surface area contributed by atoms with Gasteiger partial charge in [0.1, 0.15) is 0 Å². The van der Waals surface area contributed by atoms with E-state index in [1.165, 1.54) is 0 Å². The van der Waals surface area contributed by atoms with Crippen molar-refractivity contribution in [2.75, 3.05) is 17.7 Å². The molecule has 0 aliphatic carbocycles. The fourth-order valence-electron chi connectivity index (χ4n) is 2.77. The van der Waals surface area contributed by atoms with Gasteiger partial charge in [-0.2, -0.15) is 0 Å². The molecule has 3 rings (SSSR count). The average Bonchev–Trinajstić information content (AvgIpc) is 2.78. The van der Waals surface area contributed by atoms with Crippen LogP contribution in [-0.4, -0.2) is 28.4 Å². The number of esters is 1. The van der Waals surface area contributed by atoms with E-state index in [0.717, 1.165) is 11.1 Å². The smallest absolute Gasteiger partial charge is 0.339 e. The van der Waals surface area contributed by atoms with Gasteiger partial charge in [0.2, 0.25) is 0 Å². The molecule has 1 amide bonds. The van der Waals surface area contributed by atoms with E-state index in [1.807, 2.05) is 42.5 Å². The van der Waals surface area contributed by atoms with Crippen molar-refractivity contribution >= 4 is 28.4 Å². The van der Waals surface area contributed by atoms with Gasteiger partial charge in [-0.3, -0.25) is 9.00 Å². The molecule has 0 aromatic heterocycles. The molecular weight excluding hydrogens is 386 g/mol. The van der Waals surface area contributed by atoms with E-state index in [0.29, 0.717) is 16.3 Å². The molecule has 6 heteroatoms. The molecule has 0 heterocycles. The van der Waals surface area contributed by atoms with Gasteiger partial charge >= 0.3 is 5.97 Å². The first-order chi connectivity index (χ1) is 14.1. The molecule has 0 radical (unpaired) electrons. The summed E-state index contributed by atoms with van der Waals surface area (Å²) in [7, 11) is -1.29. The Morgan fingerprint density at radius 3 is 2.17 bits per heavy atom. The van der Waals surface area contributed by atoms with E-state index in [9.17, 15) is 13.8 Å². The normalized spacial score (nSPS) is 11.5. The van der Waals surface area contributed by atoms with Crippen LogP contribution in [0, 0.1) is 0 Å². The molecule has 3 aromatic carbocycles. The van der Waals surface area contributed by atoms with Gasteiger partial charge in [-0.05, 0) is 35.4 Å². The molecule has 5 nitrogen and oxygen atoms in total. The molecule has 3 aromatic rings. The third kappa shape index (κ3) is 5.39. The van der Waals surface area contributed by atoms with Crippen LogP contribution in [0.3, 0.4) is 0 Å². The molecule has 1 N–H and O–H groups in total. The number of rotatable bonds is 7. The zero-order chi connectivity index (χ0) is 20.6. The van der Waals surface area contributed by atoms with E-state index in [-0.39, 0.29) is 5.56 Å². The van der Waals surface area contributed by atoms with Crippen LogP contribution in [0.2, 0.25) is 0 Å². The van der Waals surface area contributed by atoms with Gasteiger partial charge in [-0.15, -0.1) is 0 Å². The van der Waals surface area contributed by atoms with Crippen LogP contribution in [0.1, 0.15) is 17.3 Å². The van der Waals surface area contributed by atoms with Crippen molar-refractivity contribution < 1.29 is 18.5 Å². The Kier molecular flexibility index (Phi) is 6.92. The van der Waals surface area contributed by atoms with Gasteiger partial charge in [0.25, 0.3) is 5.91 Å². The predicted octanol–water partition coefficient (Wildman–Crippen LogP) is 4.28. The lowest BCUT2D eigenvalue weighted by Crippen LogP contribution is -2.21. The van der Waals surface area contributed by atoms with Gasteiger partial charge in [-0.25, -0.2) is 4.79 Å². The highest BCUT2D eigenvalue weighted by Gasteiger charge is 2.17. The zero-order valence-corrected chi connectivity index (χ0v) is 16.8. The average molecular weight is 407 g/mol. The van der Waals surface area contributed by atoms with Crippen LogP contribution < -0.4 is 5.32 Å². The summed E-state index contributed by atoms with van der Waals surface area (Å²) in [5, 5.41) is 2.70. The second-order valence-electron chi connectivity index (χ2n) is 6.20. The maximum atomic E-state index is 12.3. The Labute approximate surface area is 172 Å². The molecule has 0 spiro atoms. The SMILES string of the molecule is CC[S@](=O)c1ccccc1C(=O)OCC(=O)Nc1ccc(-c2ccccc2)cc1. The minimum absolute atomic E-state index is 0.215. The maximum absolute atomic E-state index is 12.3. The fraction of sp³-hybridized carbons (Fsp3) is 0.130. The molecule has 0 saturated carbocycles. The molecule has 0 bridgehead atoms. The Bertz CT molecular complexity index is 1020. The van der Waals surface area contributed by atoms with Crippen LogP contribution in [0.15, 0.2) is 83.8 Å². The number of ether oxygens (including phenoxy) is 1. The van der Waals surface area contributed by atoms with Gasteiger partial charge in [0.05, 0.1) is 21.3 Å². The molecule has 0 saturated heterocycles. The molecular formula is C23H21NO4S. The highest BCUT2D eigenvalue weighted by molar-refractivity contribution is 7.85. The van der Waals surface area contributed by atoms with Crippen LogP contribution in [0.5, 0.6) is 0 Å². The molecule has 29 heavy (non-hydrogen) atoms. The topological polar surface area (TPSA) is 72.5 Å². The van der Waals surface area contributed by atoms with Gasteiger partial charge in [-0.1, -0.05) is 61.5 Å². The van der Waals surface area contributed by atoms with Crippen LogP contribution in [-0.2, 0) is 20.3 Å². The predicted molar refractivity (Wildman–Crippen MR) is 114 cm³/mol. The number of hydrogen-bond acceptors (Lipinski definition) is 4. The van der Waals surface area contributed by atoms with Crippen LogP contribution in [0.25, 0.3) is 11.1 Å². The van der Waals surface area contributed by atoms with Crippen molar-refractivity contribution in [2.24, 2.45) is 0 Å². The van der Waals surface area contributed by atoms with Gasteiger partial charge < -0.3 is 10.1 Å². The standard InChI is InChI=1S/C23H21NO4S/c1-2-29(27)21-11-7-6-10-20(21)23(26)28-16-22(25)24-19-14-12-18(13-15-19)17-8-4-3-5-9-17/h3-15H,2,16H2,1H3,(H,24,25)/t29-/m0/s1. The number of amides is 1. The third-order valence-corrected chi connectivity index (χ3v) is 5.60. The number of nitrogens with one attached hydrogen (secondary N) is 1. The van der Waals surface area contributed by atoms with E-state index < -0.39 is 29.3 Å². The Hall–Kier alpha value is -3.25. The molecule has 148 valence electrons. The largest absolute Gasteiger partial charge is 0.452 e. The molecule has 1 atom stereocenters. The van der Waals surface area contributed by atoms with Crippen molar-refractivity contribution in [2.45, 2.75) is 11.8 Å². The van der Waals surface area contributed by atoms with Gasteiger partial charge in [0.15, 0.2) is 6.61 Å². The second-order valence-corrected chi connectivity index (χ2v) is 7.91. The first-order valence-electron chi connectivity index (χ1n) is 9.18. The maximum Gasteiger partial charge on any atom is 0.339 e. The number of hydrogen-bond donors (Lipinski definition) is 1. The first-order valence-corrected chi connectivity index (χ1v) is 10.5. The summed E-state index contributed by atoms with van der Waals surface area (Å²) in [6.45, 7) is 1.35. The quantitative estimate of drug-likeness (QED) is 0.594. The summed E-state index contributed by atoms with van der Waals surface area (Å²) in [4.78, 5) is 24.9. The highest BCUT2D eigenvalue weighted by atomic mass is 32.2. The highest BCUT2D eigenvalue weighted by Crippen LogP contribution is 2.21. The third-order valence-electron chi connectivity index (χ3n) is 4.22. The lowest BCUT2D eigenvalue weighted by molar-refractivity contribution is -0.119. The van der Waals surface area contributed by atoms with E-state index in [4.69, 9.17) is 4.74 Å². The fourth-order valence-corrected chi connectivity index (χ4v) is 3.71. The van der Waals surface area contributed by atoms with Crippen LogP contribution >= 0.6 is 0 Å². The first kappa shape index (κ1) is 20.5. The van der Waals surface area contributed by atoms with Crippen molar-refractivity contribution in [1.82, 2.24) is 0 Å². The molecule has 0 aliphatic heterocycles. The lowest BCUT2D eigenvalue weighted by Gasteiger charge is -2.10. The number of anilines is 1. The van der Waals surface area contributed by atoms with Crippen molar-refractivity contribution in [1.29, 1.82) is 0 Å². The number of carbonyl (C=O) groups is 2. The summed E-state index contributed by atoms with van der Waals surface area (Å²) in [5.41, 5.74) is 2.95.